The summed E-state index contributed by atoms with van der Waals surface area (Å²) in [7, 11) is 0. The molecule has 0 aliphatic rings. The van der Waals surface area contributed by atoms with Crippen molar-refractivity contribution in [3.8, 4) is 0 Å². The van der Waals surface area contributed by atoms with E-state index in [9.17, 15) is 13.6 Å². The number of hydrogen-bond acceptors (Lipinski definition) is 3. The van der Waals surface area contributed by atoms with Gasteiger partial charge in [-0.3, -0.25) is 4.79 Å². The van der Waals surface area contributed by atoms with Gasteiger partial charge in [-0.2, -0.15) is 0 Å². The fourth-order valence-electron chi connectivity index (χ4n) is 0.855. The number of primary amides is 1. The molecule has 14 heavy (non-hydrogen) atoms. The molecule has 0 saturated carbocycles. The van der Waals surface area contributed by atoms with Crippen molar-refractivity contribution in [1.82, 2.24) is 4.98 Å². The van der Waals surface area contributed by atoms with Crippen molar-refractivity contribution in [2.45, 2.75) is 6.43 Å². The van der Waals surface area contributed by atoms with Gasteiger partial charge in [0.2, 0.25) is 0 Å². The molecule has 1 amide bonds. The highest BCUT2D eigenvalue weighted by molar-refractivity contribution is 9.10. The van der Waals surface area contributed by atoms with Crippen molar-refractivity contribution in [1.29, 1.82) is 0 Å². The number of hydrogen-bond donors (Lipinski definition) is 2. The summed E-state index contributed by atoms with van der Waals surface area (Å²) in [5, 5.41) is 0. The number of aromatic nitrogens is 1. The van der Waals surface area contributed by atoms with Gasteiger partial charge in [0.1, 0.15) is 11.5 Å². The maximum Gasteiger partial charge on any atom is 0.267 e. The Labute approximate surface area is 86.4 Å². The van der Waals surface area contributed by atoms with E-state index in [1.807, 2.05) is 0 Å². The number of amides is 1. The molecule has 0 unspecified atom stereocenters. The number of pyridine rings is 1. The van der Waals surface area contributed by atoms with Crippen molar-refractivity contribution in [2.75, 3.05) is 5.73 Å². The smallest absolute Gasteiger partial charge is 0.267 e. The Morgan fingerprint density at radius 3 is 2.57 bits per heavy atom. The van der Waals surface area contributed by atoms with Crippen molar-refractivity contribution < 1.29 is 13.6 Å². The van der Waals surface area contributed by atoms with Gasteiger partial charge in [0, 0.05) is 5.56 Å². The second kappa shape index (κ2) is 3.87. The predicted molar refractivity (Wildman–Crippen MR) is 49.8 cm³/mol. The first-order valence-electron chi connectivity index (χ1n) is 3.47. The molecule has 7 heteroatoms. The van der Waals surface area contributed by atoms with Gasteiger partial charge < -0.3 is 11.5 Å². The van der Waals surface area contributed by atoms with Crippen LogP contribution in [-0.2, 0) is 0 Å². The summed E-state index contributed by atoms with van der Waals surface area (Å²) >= 11 is 2.84. The number of halogens is 3. The number of anilines is 1. The minimum absolute atomic E-state index is 0.0162. The van der Waals surface area contributed by atoms with Crippen LogP contribution in [0.5, 0.6) is 0 Å². The van der Waals surface area contributed by atoms with Crippen LogP contribution in [0.1, 0.15) is 22.5 Å². The van der Waals surface area contributed by atoms with Gasteiger partial charge in [0.25, 0.3) is 12.3 Å². The van der Waals surface area contributed by atoms with Crippen LogP contribution < -0.4 is 11.5 Å². The van der Waals surface area contributed by atoms with Gasteiger partial charge in [-0.1, -0.05) is 0 Å². The fraction of sp³-hybridized carbons (Fsp3) is 0.143. The maximum absolute atomic E-state index is 12.4. The monoisotopic (exact) mass is 265 g/mol. The van der Waals surface area contributed by atoms with Crippen LogP contribution in [0, 0.1) is 0 Å². The number of nitrogen functional groups attached to an aromatic ring is 1. The van der Waals surface area contributed by atoms with Gasteiger partial charge in [0.05, 0.1) is 4.47 Å². The first-order chi connectivity index (χ1) is 6.43. The van der Waals surface area contributed by atoms with E-state index in [4.69, 9.17) is 11.5 Å². The van der Waals surface area contributed by atoms with E-state index in [2.05, 4.69) is 20.9 Å². The van der Waals surface area contributed by atoms with Crippen molar-refractivity contribution >= 4 is 27.7 Å². The molecule has 76 valence electrons. The molecule has 1 aromatic heterocycles. The Kier molecular flexibility index (Phi) is 3.00. The molecule has 4 nitrogen and oxygen atoms in total. The van der Waals surface area contributed by atoms with Crippen molar-refractivity contribution in [2.24, 2.45) is 5.73 Å². The Hall–Kier alpha value is -1.24. The Morgan fingerprint density at radius 1 is 1.57 bits per heavy atom. The molecule has 0 aromatic carbocycles. The van der Waals surface area contributed by atoms with Gasteiger partial charge >= 0.3 is 0 Å². The van der Waals surface area contributed by atoms with E-state index in [1.54, 1.807) is 0 Å². The second-order valence-corrected chi connectivity index (χ2v) is 3.25. The van der Waals surface area contributed by atoms with Gasteiger partial charge in [-0.05, 0) is 22.0 Å². The van der Waals surface area contributed by atoms with Gasteiger partial charge in [-0.25, -0.2) is 13.8 Å². The standard InChI is InChI=1S/C7H6BrF2N3O/c8-4-2(5(9)10)1-3(7(12)14)13-6(4)11/h1,5H,(H2,11,13)(H2,12,14). The van der Waals surface area contributed by atoms with E-state index in [0.29, 0.717) is 0 Å². The van der Waals surface area contributed by atoms with E-state index < -0.39 is 17.9 Å². The Morgan fingerprint density at radius 2 is 2.14 bits per heavy atom. The molecular weight excluding hydrogens is 260 g/mol. The Bertz CT molecular complexity index is 383. The van der Waals surface area contributed by atoms with Crippen LogP contribution >= 0.6 is 15.9 Å². The molecule has 0 atom stereocenters. The van der Waals surface area contributed by atoms with Crippen molar-refractivity contribution in [3.63, 3.8) is 0 Å². The molecular formula is C7H6BrF2N3O. The van der Waals surface area contributed by atoms with Crippen LogP contribution in [0.25, 0.3) is 0 Å². The van der Waals surface area contributed by atoms with Crippen LogP contribution in [0.2, 0.25) is 0 Å². The number of carbonyl (C=O) groups excluding carboxylic acids is 1. The zero-order valence-corrected chi connectivity index (χ0v) is 8.38. The highest BCUT2D eigenvalue weighted by Crippen LogP contribution is 2.31. The summed E-state index contributed by atoms with van der Waals surface area (Å²) in [5.41, 5.74) is 9.51. The molecule has 1 heterocycles. The summed E-state index contributed by atoms with van der Waals surface area (Å²) in [4.78, 5) is 14.2. The van der Waals surface area contributed by atoms with E-state index >= 15 is 0 Å². The highest BCUT2D eigenvalue weighted by Gasteiger charge is 2.17. The average Bonchev–Trinajstić information content (AvgIpc) is 2.08. The molecule has 0 aliphatic heterocycles. The topological polar surface area (TPSA) is 82.0 Å². The second-order valence-electron chi connectivity index (χ2n) is 2.46. The van der Waals surface area contributed by atoms with E-state index in [1.165, 1.54) is 0 Å². The lowest BCUT2D eigenvalue weighted by Gasteiger charge is -2.06. The number of rotatable bonds is 2. The van der Waals surface area contributed by atoms with Crippen LogP contribution in [0.3, 0.4) is 0 Å². The molecule has 0 fully saturated rings. The third-order valence-electron chi connectivity index (χ3n) is 1.50. The SMILES string of the molecule is NC(=O)c1cc(C(F)F)c(Br)c(N)n1. The molecule has 0 radical (unpaired) electrons. The fourth-order valence-corrected chi connectivity index (χ4v) is 1.23. The minimum Gasteiger partial charge on any atom is -0.383 e. The van der Waals surface area contributed by atoms with Crippen LogP contribution in [-0.4, -0.2) is 10.9 Å². The van der Waals surface area contributed by atoms with Gasteiger partial charge in [-0.15, -0.1) is 0 Å². The molecule has 0 spiro atoms. The first kappa shape index (κ1) is 10.8. The zero-order chi connectivity index (χ0) is 10.9. The van der Waals surface area contributed by atoms with Crippen molar-refractivity contribution in [3.05, 3.63) is 21.8 Å². The predicted octanol–water partition coefficient (Wildman–Crippen LogP) is 1.46. The third-order valence-corrected chi connectivity index (χ3v) is 2.36. The van der Waals surface area contributed by atoms with Crippen LogP contribution in [0.15, 0.2) is 10.5 Å². The minimum atomic E-state index is -2.74. The number of alkyl halides is 2. The van der Waals surface area contributed by atoms with E-state index in [-0.39, 0.29) is 16.0 Å². The lowest BCUT2D eigenvalue weighted by atomic mass is 10.2. The molecule has 0 bridgehead atoms. The number of nitrogens with two attached hydrogens (primary N) is 2. The number of nitrogens with zero attached hydrogens (tertiary/aromatic N) is 1. The summed E-state index contributed by atoms with van der Waals surface area (Å²) in [6, 6.07) is 0.910. The molecule has 0 aliphatic carbocycles. The normalized spacial score (nSPS) is 10.6. The lowest BCUT2D eigenvalue weighted by Crippen LogP contribution is -2.15. The largest absolute Gasteiger partial charge is 0.383 e. The van der Waals surface area contributed by atoms with Gasteiger partial charge in [0.15, 0.2) is 0 Å². The summed E-state index contributed by atoms with van der Waals surface area (Å²) < 4.78 is 24.8. The molecule has 1 rings (SSSR count). The quantitative estimate of drug-likeness (QED) is 0.850. The molecule has 0 saturated heterocycles. The maximum atomic E-state index is 12.4. The third kappa shape index (κ3) is 1.98. The molecule has 1 aromatic rings. The van der Waals surface area contributed by atoms with Crippen LogP contribution in [0.4, 0.5) is 14.6 Å². The zero-order valence-electron chi connectivity index (χ0n) is 6.80. The highest BCUT2D eigenvalue weighted by atomic mass is 79.9. The number of carbonyl (C=O) groups is 1. The van der Waals surface area contributed by atoms with E-state index in [0.717, 1.165) is 6.07 Å². The summed E-state index contributed by atoms with van der Waals surface area (Å²) in [5.74, 6) is -1.08. The summed E-state index contributed by atoms with van der Waals surface area (Å²) in [6.45, 7) is 0. The Balaban J connectivity index is 3.35. The average molecular weight is 266 g/mol. The lowest BCUT2D eigenvalue weighted by molar-refractivity contribution is 0.0995. The molecule has 4 N–H and O–H groups in total. The summed E-state index contributed by atoms with van der Waals surface area (Å²) in [6.07, 6.45) is -2.74. The first-order valence-corrected chi connectivity index (χ1v) is 4.26.